The molecule has 0 fully saturated rings. The number of rotatable bonds is 4. The second-order valence-electron chi connectivity index (χ2n) is 5.23. The lowest BCUT2D eigenvalue weighted by Gasteiger charge is -2.14. The fraction of sp³-hybridized carbons (Fsp3) is 0.235. The number of nitrogens with one attached hydrogen (secondary N) is 1. The van der Waals surface area contributed by atoms with Crippen molar-refractivity contribution in [2.24, 2.45) is 7.05 Å². The van der Waals surface area contributed by atoms with Gasteiger partial charge in [0, 0.05) is 13.1 Å². The number of hydrogen-bond donors (Lipinski definition) is 1. The number of imidazole rings is 1. The standard InChI is InChI=1S/C17H18FN3/c1-12(13-6-5-7-14(18)10-13)19-11-17-20-15-8-3-4-9-16(15)21(17)2/h3-10,12,19H,11H2,1-2H3. The number of fused-ring (bicyclic) bond motifs is 1. The summed E-state index contributed by atoms with van der Waals surface area (Å²) in [6.07, 6.45) is 0. The van der Waals surface area contributed by atoms with Crippen molar-refractivity contribution in [2.45, 2.75) is 19.5 Å². The van der Waals surface area contributed by atoms with Gasteiger partial charge >= 0.3 is 0 Å². The van der Waals surface area contributed by atoms with Crippen LogP contribution in [0.3, 0.4) is 0 Å². The Morgan fingerprint density at radius 3 is 2.76 bits per heavy atom. The zero-order valence-electron chi connectivity index (χ0n) is 12.2. The first-order chi connectivity index (χ1) is 10.1. The highest BCUT2D eigenvalue weighted by molar-refractivity contribution is 5.75. The van der Waals surface area contributed by atoms with E-state index in [-0.39, 0.29) is 11.9 Å². The van der Waals surface area contributed by atoms with Gasteiger partial charge in [0.15, 0.2) is 0 Å². The van der Waals surface area contributed by atoms with Crippen molar-refractivity contribution in [3.05, 3.63) is 65.7 Å². The first-order valence-corrected chi connectivity index (χ1v) is 7.04. The third kappa shape index (κ3) is 2.81. The number of hydrogen-bond acceptors (Lipinski definition) is 2. The molecule has 0 aliphatic carbocycles. The normalized spacial score (nSPS) is 12.7. The SMILES string of the molecule is CC(NCc1nc2ccccc2n1C)c1cccc(F)c1. The van der Waals surface area contributed by atoms with E-state index in [1.54, 1.807) is 12.1 Å². The van der Waals surface area contributed by atoms with E-state index in [1.807, 2.05) is 38.2 Å². The molecule has 0 saturated heterocycles. The maximum absolute atomic E-state index is 13.3. The van der Waals surface area contributed by atoms with Crippen molar-refractivity contribution in [3.63, 3.8) is 0 Å². The Hall–Kier alpha value is -2.20. The lowest BCUT2D eigenvalue weighted by atomic mass is 10.1. The molecule has 0 saturated carbocycles. The van der Waals surface area contributed by atoms with Crippen LogP contribution >= 0.6 is 0 Å². The van der Waals surface area contributed by atoms with E-state index in [1.165, 1.54) is 6.07 Å². The van der Waals surface area contributed by atoms with E-state index in [0.29, 0.717) is 6.54 Å². The first-order valence-electron chi connectivity index (χ1n) is 7.04. The number of halogens is 1. The Balaban J connectivity index is 1.75. The summed E-state index contributed by atoms with van der Waals surface area (Å²) < 4.78 is 15.3. The minimum atomic E-state index is -0.205. The topological polar surface area (TPSA) is 29.9 Å². The highest BCUT2D eigenvalue weighted by atomic mass is 19.1. The number of aromatic nitrogens is 2. The molecule has 0 bridgehead atoms. The molecule has 2 aromatic carbocycles. The van der Waals surface area contributed by atoms with Gasteiger partial charge in [0.05, 0.1) is 17.6 Å². The van der Waals surface area contributed by atoms with Gasteiger partial charge in [-0.3, -0.25) is 0 Å². The van der Waals surface area contributed by atoms with Crippen molar-refractivity contribution >= 4 is 11.0 Å². The van der Waals surface area contributed by atoms with Crippen molar-refractivity contribution in [1.82, 2.24) is 14.9 Å². The third-order valence-corrected chi connectivity index (χ3v) is 3.79. The summed E-state index contributed by atoms with van der Waals surface area (Å²) in [7, 11) is 2.01. The summed E-state index contributed by atoms with van der Waals surface area (Å²) >= 11 is 0. The predicted molar refractivity (Wildman–Crippen MR) is 82.4 cm³/mol. The molecule has 108 valence electrons. The lowest BCUT2D eigenvalue weighted by molar-refractivity contribution is 0.545. The molecular formula is C17H18FN3. The molecule has 3 aromatic rings. The van der Waals surface area contributed by atoms with Gasteiger partial charge in [-0.2, -0.15) is 0 Å². The molecule has 0 aliphatic heterocycles. The summed E-state index contributed by atoms with van der Waals surface area (Å²) in [5.41, 5.74) is 3.05. The monoisotopic (exact) mass is 283 g/mol. The van der Waals surface area contributed by atoms with Gasteiger partial charge in [0.2, 0.25) is 0 Å². The molecule has 1 N–H and O–H groups in total. The van der Waals surface area contributed by atoms with Gasteiger partial charge in [0.25, 0.3) is 0 Å². The van der Waals surface area contributed by atoms with E-state index in [9.17, 15) is 4.39 Å². The van der Waals surface area contributed by atoms with Crippen LogP contribution < -0.4 is 5.32 Å². The highest BCUT2D eigenvalue weighted by Gasteiger charge is 2.10. The van der Waals surface area contributed by atoms with Crippen molar-refractivity contribution in [1.29, 1.82) is 0 Å². The molecule has 1 aromatic heterocycles. The van der Waals surface area contributed by atoms with Crippen molar-refractivity contribution < 1.29 is 4.39 Å². The van der Waals surface area contributed by atoms with Crippen LogP contribution in [-0.2, 0) is 13.6 Å². The Kier molecular flexibility index (Phi) is 3.71. The summed E-state index contributed by atoms with van der Waals surface area (Å²) in [6, 6.07) is 14.8. The van der Waals surface area contributed by atoms with Gasteiger partial charge in [-0.1, -0.05) is 24.3 Å². The van der Waals surface area contributed by atoms with Gasteiger partial charge in [-0.05, 0) is 36.8 Å². The van der Waals surface area contributed by atoms with Crippen LogP contribution in [0.5, 0.6) is 0 Å². The Labute approximate surface area is 123 Å². The summed E-state index contributed by atoms with van der Waals surface area (Å²) in [5.74, 6) is 0.767. The molecular weight excluding hydrogens is 265 g/mol. The van der Waals surface area contributed by atoms with Crippen LogP contribution in [0.25, 0.3) is 11.0 Å². The molecule has 21 heavy (non-hydrogen) atoms. The number of aryl methyl sites for hydroxylation is 1. The van der Waals surface area contributed by atoms with Crippen molar-refractivity contribution in [2.75, 3.05) is 0 Å². The third-order valence-electron chi connectivity index (χ3n) is 3.79. The summed E-state index contributed by atoms with van der Waals surface area (Å²) in [6.45, 7) is 2.67. The highest BCUT2D eigenvalue weighted by Crippen LogP contribution is 2.17. The maximum atomic E-state index is 13.3. The second-order valence-corrected chi connectivity index (χ2v) is 5.23. The van der Waals surface area contributed by atoms with Crippen LogP contribution in [0.15, 0.2) is 48.5 Å². The van der Waals surface area contributed by atoms with Gasteiger partial charge in [-0.25, -0.2) is 9.37 Å². The van der Waals surface area contributed by atoms with E-state index in [0.717, 1.165) is 22.4 Å². The predicted octanol–water partition coefficient (Wildman–Crippen LogP) is 3.56. The van der Waals surface area contributed by atoms with Gasteiger partial charge in [0.1, 0.15) is 11.6 Å². The first kappa shape index (κ1) is 13.8. The minimum absolute atomic E-state index is 0.0699. The Bertz CT molecular complexity index is 764. The second kappa shape index (κ2) is 5.66. The van der Waals surface area contributed by atoms with Gasteiger partial charge < -0.3 is 9.88 Å². The summed E-state index contributed by atoms with van der Waals surface area (Å²) in [4.78, 5) is 4.62. The van der Waals surface area contributed by atoms with Crippen LogP contribution in [0.1, 0.15) is 24.4 Å². The molecule has 1 atom stereocenters. The van der Waals surface area contributed by atoms with Gasteiger partial charge in [-0.15, -0.1) is 0 Å². The van der Waals surface area contributed by atoms with Crippen LogP contribution in [0.4, 0.5) is 4.39 Å². The van der Waals surface area contributed by atoms with Crippen LogP contribution in [0.2, 0.25) is 0 Å². The van der Waals surface area contributed by atoms with Crippen LogP contribution in [-0.4, -0.2) is 9.55 Å². The number of para-hydroxylation sites is 2. The molecule has 4 heteroatoms. The molecule has 0 radical (unpaired) electrons. The minimum Gasteiger partial charge on any atom is -0.330 e. The molecule has 3 nitrogen and oxygen atoms in total. The zero-order chi connectivity index (χ0) is 14.8. The molecule has 1 heterocycles. The molecule has 0 amide bonds. The average molecular weight is 283 g/mol. The smallest absolute Gasteiger partial charge is 0.123 e. The number of nitrogens with zero attached hydrogens (tertiary/aromatic N) is 2. The zero-order valence-corrected chi connectivity index (χ0v) is 12.2. The maximum Gasteiger partial charge on any atom is 0.123 e. The van der Waals surface area contributed by atoms with E-state index in [4.69, 9.17) is 0 Å². The quantitative estimate of drug-likeness (QED) is 0.793. The lowest BCUT2D eigenvalue weighted by Crippen LogP contribution is -2.20. The molecule has 3 rings (SSSR count). The molecule has 0 spiro atoms. The fourth-order valence-corrected chi connectivity index (χ4v) is 2.49. The van der Waals surface area contributed by atoms with E-state index in [2.05, 4.69) is 20.9 Å². The Morgan fingerprint density at radius 1 is 1.19 bits per heavy atom. The summed E-state index contributed by atoms with van der Waals surface area (Å²) in [5, 5.41) is 3.39. The van der Waals surface area contributed by atoms with Crippen molar-refractivity contribution in [3.8, 4) is 0 Å². The molecule has 0 aliphatic rings. The fourth-order valence-electron chi connectivity index (χ4n) is 2.49. The van der Waals surface area contributed by atoms with E-state index < -0.39 is 0 Å². The Morgan fingerprint density at radius 2 is 2.00 bits per heavy atom. The average Bonchev–Trinajstić information content (AvgIpc) is 2.82. The largest absolute Gasteiger partial charge is 0.330 e. The molecule has 1 unspecified atom stereocenters. The number of benzene rings is 2. The van der Waals surface area contributed by atoms with E-state index >= 15 is 0 Å². The van der Waals surface area contributed by atoms with Crippen LogP contribution in [0, 0.1) is 5.82 Å².